The fraction of sp³-hybridized carbons (Fsp3) is 0.370. The Hall–Kier alpha value is -3.20. The molecule has 1 unspecified atom stereocenters. The van der Waals surface area contributed by atoms with E-state index in [0.717, 1.165) is 40.0 Å². The zero-order chi connectivity index (χ0) is 26.2. The number of fused-ring (bicyclic) bond motifs is 1. The molecule has 0 aliphatic carbocycles. The topological polar surface area (TPSA) is 81.8 Å². The van der Waals surface area contributed by atoms with Gasteiger partial charge in [-0.05, 0) is 80.6 Å². The molecule has 0 aromatic heterocycles. The summed E-state index contributed by atoms with van der Waals surface area (Å²) < 4.78 is 16.1. The van der Waals surface area contributed by atoms with E-state index in [0.29, 0.717) is 5.69 Å². The Kier molecular flexibility index (Phi) is 7.22. The molecule has 1 saturated heterocycles. The van der Waals surface area contributed by atoms with Gasteiger partial charge in [-0.25, -0.2) is 14.1 Å². The second-order valence-corrected chi connectivity index (χ2v) is 10.9. The number of hydrogen-bond donors (Lipinski definition) is 2. The number of benzene rings is 2. The molecule has 2 heterocycles. The average Bonchev–Trinajstić information content (AvgIpc) is 3.06. The predicted octanol–water partition coefficient (Wildman–Crippen LogP) is 5.62. The van der Waals surface area contributed by atoms with Gasteiger partial charge in [-0.3, -0.25) is 9.59 Å². The van der Waals surface area contributed by atoms with Crippen LogP contribution in [0.15, 0.2) is 46.6 Å². The predicted molar refractivity (Wildman–Crippen MR) is 142 cm³/mol. The number of halogens is 2. The summed E-state index contributed by atoms with van der Waals surface area (Å²) in [6.45, 7) is 8.92. The van der Waals surface area contributed by atoms with Crippen molar-refractivity contribution in [3.8, 4) is 0 Å². The highest BCUT2D eigenvalue weighted by Crippen LogP contribution is 2.44. The van der Waals surface area contributed by atoms with Crippen molar-refractivity contribution < 1.29 is 18.8 Å². The minimum Gasteiger partial charge on any atom is -0.366 e. The van der Waals surface area contributed by atoms with Gasteiger partial charge in [-0.1, -0.05) is 29.8 Å². The van der Waals surface area contributed by atoms with E-state index in [9.17, 15) is 14.4 Å². The number of imide groups is 1. The molecule has 9 heteroatoms. The summed E-state index contributed by atoms with van der Waals surface area (Å²) in [5.74, 6) is -1.46. The molecule has 1 atom stereocenters. The highest BCUT2D eigenvalue weighted by atomic mass is 79.9. The van der Waals surface area contributed by atoms with Gasteiger partial charge in [-0.15, -0.1) is 0 Å². The highest BCUT2D eigenvalue weighted by Gasteiger charge is 2.38. The SMILES string of the molecule is CCCN1c2cc(F)c(/C=C3/NC(=O)N(CC(=O)Nc4ccc(Br)cc4)C3=O)cc2C(C)CC1(C)C. The summed E-state index contributed by atoms with van der Waals surface area (Å²) in [5.41, 5.74) is 2.48. The third-order valence-corrected chi connectivity index (χ3v) is 7.17. The van der Waals surface area contributed by atoms with Crippen molar-refractivity contribution in [3.05, 3.63) is 63.5 Å². The molecule has 0 spiro atoms. The van der Waals surface area contributed by atoms with Crippen LogP contribution in [0.3, 0.4) is 0 Å². The van der Waals surface area contributed by atoms with Crippen LogP contribution in [0.4, 0.5) is 20.6 Å². The monoisotopic (exact) mass is 556 g/mol. The maximum Gasteiger partial charge on any atom is 0.329 e. The molecule has 4 amide bonds. The van der Waals surface area contributed by atoms with Gasteiger partial charge in [0.2, 0.25) is 5.91 Å². The standard InChI is InChI=1S/C27H30BrFN4O3/c1-5-10-33-23-13-21(29)17(11-20(23)16(2)14-27(33,3)4)12-22-25(35)32(26(36)31-22)15-24(34)30-19-8-6-18(28)7-9-19/h6-9,11-13,16H,5,10,14-15H2,1-4H3,(H,30,34)(H,31,36)/b22-12+. The summed E-state index contributed by atoms with van der Waals surface area (Å²) in [7, 11) is 0. The van der Waals surface area contributed by atoms with Crippen molar-refractivity contribution in [2.75, 3.05) is 23.3 Å². The first kappa shape index (κ1) is 25.9. The summed E-state index contributed by atoms with van der Waals surface area (Å²) in [5, 5.41) is 5.13. The Labute approximate surface area is 218 Å². The first-order valence-electron chi connectivity index (χ1n) is 12.0. The van der Waals surface area contributed by atoms with E-state index in [-0.39, 0.29) is 22.7 Å². The maximum absolute atomic E-state index is 15.2. The molecule has 1 fully saturated rings. The van der Waals surface area contributed by atoms with Gasteiger partial charge in [0.25, 0.3) is 5.91 Å². The third-order valence-electron chi connectivity index (χ3n) is 6.64. The largest absolute Gasteiger partial charge is 0.366 e. The Morgan fingerprint density at radius 2 is 1.94 bits per heavy atom. The van der Waals surface area contributed by atoms with E-state index in [2.05, 4.69) is 59.2 Å². The summed E-state index contributed by atoms with van der Waals surface area (Å²) >= 11 is 3.32. The van der Waals surface area contributed by atoms with Gasteiger partial charge < -0.3 is 15.5 Å². The molecule has 0 saturated carbocycles. The van der Waals surface area contributed by atoms with Crippen molar-refractivity contribution in [3.63, 3.8) is 0 Å². The van der Waals surface area contributed by atoms with Crippen LogP contribution in [0, 0.1) is 5.82 Å². The highest BCUT2D eigenvalue weighted by molar-refractivity contribution is 9.10. The molecule has 2 aromatic carbocycles. The van der Waals surface area contributed by atoms with Crippen LogP contribution in [0.5, 0.6) is 0 Å². The van der Waals surface area contributed by atoms with Crippen LogP contribution in [0.25, 0.3) is 6.08 Å². The quantitative estimate of drug-likeness (QED) is 0.357. The number of nitrogens with one attached hydrogen (secondary N) is 2. The number of amides is 4. The first-order chi connectivity index (χ1) is 17.0. The number of nitrogens with zero attached hydrogens (tertiary/aromatic N) is 2. The number of carbonyl (C=O) groups excluding carboxylic acids is 3. The lowest BCUT2D eigenvalue weighted by Crippen LogP contribution is -2.48. The lowest BCUT2D eigenvalue weighted by atomic mass is 9.79. The van der Waals surface area contributed by atoms with Gasteiger partial charge in [-0.2, -0.15) is 0 Å². The van der Waals surface area contributed by atoms with Crippen molar-refractivity contribution in [1.29, 1.82) is 0 Å². The van der Waals surface area contributed by atoms with Gasteiger partial charge in [0.15, 0.2) is 0 Å². The van der Waals surface area contributed by atoms with Crippen molar-refractivity contribution >= 4 is 51.2 Å². The van der Waals surface area contributed by atoms with E-state index in [1.807, 2.05) is 0 Å². The molecule has 36 heavy (non-hydrogen) atoms. The zero-order valence-corrected chi connectivity index (χ0v) is 22.4. The summed E-state index contributed by atoms with van der Waals surface area (Å²) in [6.07, 6.45) is 3.20. The molecule has 0 bridgehead atoms. The van der Waals surface area contributed by atoms with Gasteiger partial charge in [0, 0.05) is 33.5 Å². The van der Waals surface area contributed by atoms with Crippen molar-refractivity contribution in [2.24, 2.45) is 0 Å². The fourth-order valence-electron chi connectivity index (χ4n) is 5.03. The summed E-state index contributed by atoms with van der Waals surface area (Å²) in [6, 6.07) is 9.49. The third kappa shape index (κ3) is 5.16. The first-order valence-corrected chi connectivity index (χ1v) is 12.8. The number of urea groups is 1. The molecule has 2 aromatic rings. The van der Waals surface area contributed by atoms with Crippen LogP contribution in [-0.4, -0.2) is 41.4 Å². The Bertz CT molecular complexity index is 1240. The van der Waals surface area contributed by atoms with Crippen molar-refractivity contribution in [1.82, 2.24) is 10.2 Å². The van der Waals surface area contributed by atoms with Crippen LogP contribution in [0.1, 0.15) is 57.6 Å². The van der Waals surface area contributed by atoms with Crippen LogP contribution in [-0.2, 0) is 9.59 Å². The number of anilines is 2. The van der Waals surface area contributed by atoms with Crippen molar-refractivity contribution in [2.45, 2.75) is 52.0 Å². The molecule has 2 N–H and O–H groups in total. The number of carbonyl (C=O) groups is 3. The molecule has 190 valence electrons. The van der Waals surface area contributed by atoms with Gasteiger partial charge in [0.05, 0.1) is 0 Å². The normalized spacial score (nSPS) is 19.9. The molecular formula is C27H30BrFN4O3. The lowest BCUT2D eigenvalue weighted by Gasteiger charge is -2.47. The van der Waals surface area contributed by atoms with E-state index in [4.69, 9.17) is 0 Å². The fourth-order valence-corrected chi connectivity index (χ4v) is 5.29. The van der Waals surface area contributed by atoms with Crippen LogP contribution in [0.2, 0.25) is 0 Å². The lowest BCUT2D eigenvalue weighted by molar-refractivity contribution is -0.127. The minimum atomic E-state index is -0.722. The van der Waals surface area contributed by atoms with E-state index in [1.54, 1.807) is 30.3 Å². The Balaban J connectivity index is 1.55. The smallest absolute Gasteiger partial charge is 0.329 e. The second-order valence-electron chi connectivity index (χ2n) is 9.94. The van der Waals surface area contributed by atoms with Crippen LogP contribution < -0.4 is 15.5 Å². The van der Waals surface area contributed by atoms with Gasteiger partial charge >= 0.3 is 6.03 Å². The molecule has 0 radical (unpaired) electrons. The summed E-state index contributed by atoms with van der Waals surface area (Å²) in [4.78, 5) is 40.8. The molecule has 2 aliphatic heterocycles. The molecule has 2 aliphatic rings. The zero-order valence-electron chi connectivity index (χ0n) is 20.8. The molecule has 4 rings (SSSR count). The van der Waals surface area contributed by atoms with Crippen LogP contribution >= 0.6 is 15.9 Å². The maximum atomic E-state index is 15.2. The number of rotatable bonds is 6. The second kappa shape index (κ2) is 10.0. The Morgan fingerprint density at radius 1 is 1.25 bits per heavy atom. The van der Waals surface area contributed by atoms with Gasteiger partial charge in [0.1, 0.15) is 18.1 Å². The van der Waals surface area contributed by atoms with E-state index >= 15 is 4.39 Å². The average molecular weight is 557 g/mol. The Morgan fingerprint density at radius 3 is 2.61 bits per heavy atom. The van der Waals surface area contributed by atoms with E-state index in [1.165, 1.54) is 12.1 Å². The molecule has 7 nitrogen and oxygen atoms in total. The molecular weight excluding hydrogens is 527 g/mol. The minimum absolute atomic E-state index is 0.0653. The number of hydrogen-bond acceptors (Lipinski definition) is 4. The van der Waals surface area contributed by atoms with E-state index < -0.39 is 30.2 Å².